The van der Waals surface area contributed by atoms with Crippen LogP contribution < -0.4 is 23.8 Å². The second kappa shape index (κ2) is 13.5. The number of sulfonamides is 1. The number of rotatable bonds is 13. The van der Waals surface area contributed by atoms with Crippen molar-refractivity contribution >= 4 is 27.5 Å². The number of nitrogens with one attached hydrogen (secondary N) is 1. The van der Waals surface area contributed by atoms with E-state index >= 15 is 0 Å². The lowest BCUT2D eigenvalue weighted by Gasteiger charge is -2.30. The fraction of sp³-hybridized carbons (Fsp3) is 0.500. The minimum atomic E-state index is -3.63. The maximum Gasteiger partial charge on any atom is 0.242 e. The number of benzene rings is 2. The summed E-state index contributed by atoms with van der Waals surface area (Å²) in [5.74, 6) is 1.26. The molecule has 2 amide bonds. The van der Waals surface area contributed by atoms with Gasteiger partial charge in [0, 0.05) is 31.6 Å². The maximum atomic E-state index is 13.4. The first kappa shape index (κ1) is 30.1. The Bertz CT molecular complexity index is 1230. The van der Waals surface area contributed by atoms with Crippen LogP contribution in [0.4, 0.5) is 5.69 Å². The van der Waals surface area contributed by atoms with E-state index in [1.54, 1.807) is 44.4 Å². The summed E-state index contributed by atoms with van der Waals surface area (Å²) in [7, 11) is -2.05. The van der Waals surface area contributed by atoms with Gasteiger partial charge in [-0.1, -0.05) is 19.1 Å². The van der Waals surface area contributed by atoms with E-state index in [1.165, 1.54) is 9.21 Å². The normalized spacial score (nSPS) is 14.2. The lowest BCUT2D eigenvalue weighted by Crippen LogP contribution is -2.49. The summed E-state index contributed by atoms with van der Waals surface area (Å²) in [6.45, 7) is 6.74. The first-order valence-corrected chi connectivity index (χ1v) is 15.0. The van der Waals surface area contributed by atoms with Gasteiger partial charge in [0.1, 0.15) is 25.0 Å². The lowest BCUT2D eigenvalue weighted by molar-refractivity contribution is -0.140. The molecule has 1 aliphatic rings. The van der Waals surface area contributed by atoms with Crippen molar-refractivity contribution in [2.24, 2.45) is 0 Å². The van der Waals surface area contributed by atoms with Crippen LogP contribution in [-0.2, 0) is 26.2 Å². The molecule has 11 heteroatoms. The van der Waals surface area contributed by atoms with Gasteiger partial charge in [-0.2, -0.15) is 0 Å². The molecule has 0 saturated carbocycles. The number of ether oxygens (including phenoxy) is 3. The highest BCUT2D eigenvalue weighted by molar-refractivity contribution is 7.92. The van der Waals surface area contributed by atoms with Crippen LogP contribution >= 0.6 is 0 Å². The van der Waals surface area contributed by atoms with E-state index in [1.807, 2.05) is 26.0 Å². The van der Waals surface area contributed by atoms with E-state index < -0.39 is 16.1 Å². The second-order valence-corrected chi connectivity index (χ2v) is 11.5. The number of hydrogen-bond acceptors (Lipinski definition) is 7. The standard InChI is InChI=1S/C28H39N3O7S/c1-6-20(2)29-28(33)21(3)30(19-22-9-12-24(36-4)13-10-22)27(32)8-7-15-31(39(5,34)35)23-11-14-25-26(18-23)38-17-16-37-25/h9-14,18,20-21H,6-8,15-17,19H2,1-5H3,(H,29,33)/t20-,21-/m1/s1. The van der Waals surface area contributed by atoms with Gasteiger partial charge in [0.05, 0.1) is 19.1 Å². The van der Waals surface area contributed by atoms with Crippen LogP contribution in [0.15, 0.2) is 42.5 Å². The zero-order valence-electron chi connectivity index (χ0n) is 23.3. The molecule has 0 radical (unpaired) electrons. The summed E-state index contributed by atoms with van der Waals surface area (Å²) in [4.78, 5) is 27.9. The van der Waals surface area contributed by atoms with Gasteiger partial charge in [-0.15, -0.1) is 0 Å². The molecule has 0 bridgehead atoms. The minimum absolute atomic E-state index is 0.0211. The number of nitrogens with zero attached hydrogens (tertiary/aromatic N) is 2. The Hall–Kier alpha value is -3.47. The average Bonchev–Trinajstić information content (AvgIpc) is 2.92. The van der Waals surface area contributed by atoms with Gasteiger partial charge in [-0.05, 0) is 56.5 Å². The molecule has 2 atom stereocenters. The van der Waals surface area contributed by atoms with Crippen LogP contribution in [0.3, 0.4) is 0 Å². The SMILES string of the molecule is CC[C@@H](C)NC(=O)[C@@H](C)N(Cc1ccc(OC)cc1)C(=O)CCCN(c1ccc2c(c1)OCCO2)S(C)(=O)=O. The molecule has 0 aromatic heterocycles. The van der Waals surface area contributed by atoms with Crippen molar-refractivity contribution in [2.75, 3.05) is 37.4 Å². The van der Waals surface area contributed by atoms with Crippen molar-refractivity contribution in [2.45, 2.75) is 58.7 Å². The predicted octanol–water partition coefficient (Wildman–Crippen LogP) is 3.34. The van der Waals surface area contributed by atoms with Crippen LogP contribution in [0.5, 0.6) is 17.2 Å². The Labute approximate surface area is 231 Å². The maximum absolute atomic E-state index is 13.4. The van der Waals surface area contributed by atoms with Gasteiger partial charge in [0.25, 0.3) is 0 Å². The summed E-state index contributed by atoms with van der Waals surface area (Å²) < 4.78 is 42.9. The van der Waals surface area contributed by atoms with E-state index in [0.29, 0.717) is 36.1 Å². The highest BCUT2D eigenvalue weighted by Gasteiger charge is 2.27. The molecule has 0 saturated heterocycles. The molecular weight excluding hydrogens is 522 g/mol. The van der Waals surface area contributed by atoms with E-state index in [4.69, 9.17) is 14.2 Å². The molecule has 214 valence electrons. The molecule has 2 aromatic rings. The Kier molecular flexibility index (Phi) is 10.4. The number of anilines is 1. The highest BCUT2D eigenvalue weighted by atomic mass is 32.2. The Morgan fingerprint density at radius 2 is 1.72 bits per heavy atom. The fourth-order valence-electron chi connectivity index (χ4n) is 4.17. The number of hydrogen-bond donors (Lipinski definition) is 1. The summed E-state index contributed by atoms with van der Waals surface area (Å²) in [6, 6.07) is 11.6. The van der Waals surface area contributed by atoms with Gasteiger partial charge in [-0.25, -0.2) is 8.42 Å². The molecule has 2 aromatic carbocycles. The van der Waals surface area contributed by atoms with Crippen molar-refractivity contribution in [1.29, 1.82) is 0 Å². The number of fused-ring (bicyclic) bond motifs is 1. The van der Waals surface area contributed by atoms with Crippen molar-refractivity contribution < 1.29 is 32.2 Å². The molecule has 1 N–H and O–H groups in total. The lowest BCUT2D eigenvalue weighted by atomic mass is 10.1. The topological polar surface area (TPSA) is 114 Å². The first-order chi connectivity index (χ1) is 18.5. The van der Waals surface area contributed by atoms with Gasteiger partial charge >= 0.3 is 0 Å². The molecule has 0 fully saturated rings. The van der Waals surface area contributed by atoms with Gasteiger partial charge < -0.3 is 24.4 Å². The summed E-state index contributed by atoms with van der Waals surface area (Å²) >= 11 is 0. The molecule has 0 unspecified atom stereocenters. The summed E-state index contributed by atoms with van der Waals surface area (Å²) in [5, 5.41) is 2.95. The van der Waals surface area contributed by atoms with Crippen LogP contribution in [0.25, 0.3) is 0 Å². The molecule has 0 aliphatic carbocycles. The molecule has 3 rings (SSSR count). The zero-order valence-corrected chi connectivity index (χ0v) is 24.1. The Morgan fingerprint density at radius 3 is 2.33 bits per heavy atom. The minimum Gasteiger partial charge on any atom is -0.497 e. The predicted molar refractivity (Wildman–Crippen MR) is 150 cm³/mol. The van der Waals surface area contributed by atoms with Crippen molar-refractivity contribution in [3.05, 3.63) is 48.0 Å². The Morgan fingerprint density at radius 1 is 1.05 bits per heavy atom. The fourth-order valence-corrected chi connectivity index (χ4v) is 5.12. The molecule has 10 nitrogen and oxygen atoms in total. The summed E-state index contributed by atoms with van der Waals surface area (Å²) in [5.41, 5.74) is 1.28. The van der Waals surface area contributed by atoms with E-state index in [2.05, 4.69) is 5.32 Å². The highest BCUT2D eigenvalue weighted by Crippen LogP contribution is 2.34. The van der Waals surface area contributed by atoms with Crippen molar-refractivity contribution in [3.8, 4) is 17.2 Å². The third-order valence-electron chi connectivity index (χ3n) is 6.65. The largest absolute Gasteiger partial charge is 0.497 e. The van der Waals surface area contributed by atoms with Gasteiger partial charge in [0.15, 0.2) is 11.5 Å². The van der Waals surface area contributed by atoms with Crippen LogP contribution in [0.2, 0.25) is 0 Å². The monoisotopic (exact) mass is 561 g/mol. The van der Waals surface area contributed by atoms with Crippen LogP contribution in [0, 0.1) is 0 Å². The quantitative estimate of drug-likeness (QED) is 0.399. The number of methoxy groups -OCH3 is 1. The van der Waals surface area contributed by atoms with Crippen LogP contribution in [0.1, 0.15) is 45.6 Å². The number of carbonyl (C=O) groups excluding carboxylic acids is 2. The first-order valence-electron chi connectivity index (χ1n) is 13.1. The second-order valence-electron chi connectivity index (χ2n) is 9.63. The Balaban J connectivity index is 1.74. The van der Waals surface area contributed by atoms with Crippen LogP contribution in [-0.4, -0.2) is 70.3 Å². The molecule has 0 spiro atoms. The molecule has 39 heavy (non-hydrogen) atoms. The average molecular weight is 562 g/mol. The smallest absolute Gasteiger partial charge is 0.242 e. The van der Waals surface area contributed by atoms with Gasteiger partial charge in [0.2, 0.25) is 21.8 Å². The number of amides is 2. The molecular formula is C28H39N3O7S. The summed E-state index contributed by atoms with van der Waals surface area (Å²) in [6.07, 6.45) is 2.22. The van der Waals surface area contributed by atoms with Gasteiger partial charge in [-0.3, -0.25) is 13.9 Å². The van der Waals surface area contributed by atoms with E-state index in [0.717, 1.165) is 18.2 Å². The third-order valence-corrected chi connectivity index (χ3v) is 7.84. The molecule has 1 heterocycles. The molecule has 1 aliphatic heterocycles. The zero-order chi connectivity index (χ0) is 28.6. The third kappa shape index (κ3) is 8.26. The number of carbonyl (C=O) groups is 2. The van der Waals surface area contributed by atoms with Crippen molar-refractivity contribution in [1.82, 2.24) is 10.2 Å². The van der Waals surface area contributed by atoms with E-state index in [9.17, 15) is 18.0 Å². The van der Waals surface area contributed by atoms with E-state index in [-0.39, 0.29) is 43.8 Å². The van der Waals surface area contributed by atoms with Crippen molar-refractivity contribution in [3.63, 3.8) is 0 Å².